The van der Waals surface area contributed by atoms with Crippen LogP contribution in [-0.2, 0) is 13.1 Å². The number of nitrogens with zero attached hydrogens (tertiary/aromatic N) is 5. The number of carbonyl (C=O) groups excluding carboxylic acids is 1. The van der Waals surface area contributed by atoms with Crippen molar-refractivity contribution in [3.8, 4) is 11.8 Å². The van der Waals surface area contributed by atoms with Crippen LogP contribution in [0.25, 0.3) is 10.8 Å². The maximum absolute atomic E-state index is 14.4. The number of fused-ring (bicyclic) bond motifs is 2. The Morgan fingerprint density at radius 1 is 1.17 bits per heavy atom. The van der Waals surface area contributed by atoms with Crippen molar-refractivity contribution < 1.29 is 23.4 Å². The minimum atomic E-state index is -2.72. The van der Waals surface area contributed by atoms with Gasteiger partial charge < -0.3 is 24.5 Å². The van der Waals surface area contributed by atoms with E-state index in [1.807, 2.05) is 44.1 Å². The van der Waals surface area contributed by atoms with Gasteiger partial charge in [0.1, 0.15) is 11.6 Å². The molecule has 224 valence electrons. The summed E-state index contributed by atoms with van der Waals surface area (Å²) >= 11 is 2.20. The Bertz CT molecular complexity index is 1530. The molecule has 1 aromatic heterocycles. The highest BCUT2D eigenvalue weighted by Gasteiger charge is 2.44. The molecule has 2 aromatic carbocycles. The normalized spacial score (nSPS) is 21.0. The number of phenolic OH excluding ortho intramolecular Hbond substituents is 1. The second kappa shape index (κ2) is 11.0. The predicted molar refractivity (Wildman–Crippen MR) is 165 cm³/mol. The summed E-state index contributed by atoms with van der Waals surface area (Å²) in [7, 11) is 4.09. The number of hydrogen-bond acceptors (Lipinski definition) is 7. The highest BCUT2D eigenvalue weighted by Crippen LogP contribution is 2.46. The Morgan fingerprint density at radius 2 is 1.95 bits per heavy atom. The summed E-state index contributed by atoms with van der Waals surface area (Å²) in [5, 5.41) is 12.0. The summed E-state index contributed by atoms with van der Waals surface area (Å²) in [6.07, 6.45) is 2.06. The van der Waals surface area contributed by atoms with E-state index >= 15 is 0 Å². The fourth-order valence-electron chi connectivity index (χ4n) is 6.30. The Labute approximate surface area is 258 Å². The summed E-state index contributed by atoms with van der Waals surface area (Å²) < 4.78 is 36.0. The SMILES string of the molecule is C[C@@H]1CCC(F)(F)CCN1c1nc(OCC2(CN(C)C)CC2)nc2c1CN(C(=O)c1cc(O)cc3cccc(I)c13)C2. The van der Waals surface area contributed by atoms with E-state index in [0.717, 1.165) is 39.3 Å². The van der Waals surface area contributed by atoms with Crippen LogP contribution in [0.1, 0.15) is 60.6 Å². The molecule has 3 aromatic rings. The van der Waals surface area contributed by atoms with Crippen LogP contribution < -0.4 is 9.64 Å². The third kappa shape index (κ3) is 5.86. The van der Waals surface area contributed by atoms with Gasteiger partial charge in [-0.2, -0.15) is 9.97 Å². The van der Waals surface area contributed by atoms with Crippen LogP contribution >= 0.6 is 22.6 Å². The molecular formula is C31H36F2IN5O3. The number of alkyl halides is 2. The third-order valence-corrected chi connectivity index (χ3v) is 9.63. The average Bonchev–Trinajstić information content (AvgIpc) is 3.58. The number of ether oxygens (including phenoxy) is 1. The summed E-state index contributed by atoms with van der Waals surface area (Å²) in [6, 6.07) is 8.93. The van der Waals surface area contributed by atoms with Crippen LogP contribution in [0.4, 0.5) is 14.6 Å². The number of phenols is 1. The second-order valence-corrected chi connectivity index (χ2v) is 13.6. The monoisotopic (exact) mass is 691 g/mol. The summed E-state index contributed by atoms with van der Waals surface area (Å²) in [6.45, 7) is 3.97. The molecule has 1 atom stereocenters. The summed E-state index contributed by atoms with van der Waals surface area (Å²) in [5.74, 6) is -2.36. The smallest absolute Gasteiger partial charge is 0.318 e. The molecule has 0 bridgehead atoms. The van der Waals surface area contributed by atoms with Gasteiger partial charge in [-0.05, 0) is 86.5 Å². The standard InChI is InChI=1S/C31H36F2IN5O3/c1-19-7-8-31(32,33)11-12-39(19)27-23-15-38(28(41)22-14-21(40)13-20-5-4-6-24(34)26(20)22)16-25(23)35-29(36-27)42-18-30(9-10-30)17-37(2)3/h4-6,13-14,19,40H,7-12,15-18H2,1-3H3/t19-/m1/s1. The number of amides is 1. The van der Waals surface area contributed by atoms with E-state index in [9.17, 15) is 18.7 Å². The molecule has 1 amide bonds. The number of benzene rings is 2. The van der Waals surface area contributed by atoms with Crippen LogP contribution in [-0.4, -0.2) is 76.5 Å². The van der Waals surface area contributed by atoms with Crippen LogP contribution in [0.15, 0.2) is 30.3 Å². The molecule has 3 heterocycles. The fraction of sp³-hybridized carbons (Fsp3) is 0.516. The Balaban J connectivity index is 1.34. The lowest BCUT2D eigenvalue weighted by atomic mass is 10.0. The quantitative estimate of drug-likeness (QED) is 0.313. The zero-order valence-electron chi connectivity index (χ0n) is 24.2. The first-order valence-corrected chi connectivity index (χ1v) is 15.5. The number of aromatic nitrogens is 2. The van der Waals surface area contributed by atoms with Crippen molar-refractivity contribution in [1.82, 2.24) is 19.8 Å². The van der Waals surface area contributed by atoms with Gasteiger partial charge in [0.2, 0.25) is 5.92 Å². The van der Waals surface area contributed by atoms with E-state index in [0.29, 0.717) is 30.1 Å². The maximum atomic E-state index is 14.4. The molecule has 11 heteroatoms. The Morgan fingerprint density at radius 3 is 2.69 bits per heavy atom. The van der Waals surface area contributed by atoms with E-state index in [1.54, 1.807) is 11.0 Å². The van der Waals surface area contributed by atoms with E-state index < -0.39 is 5.92 Å². The van der Waals surface area contributed by atoms with Crippen LogP contribution in [0.5, 0.6) is 11.8 Å². The van der Waals surface area contributed by atoms with Crippen molar-refractivity contribution in [2.45, 2.75) is 64.1 Å². The number of rotatable bonds is 7. The molecule has 3 aliphatic rings. The lowest BCUT2D eigenvalue weighted by Crippen LogP contribution is -2.35. The van der Waals surface area contributed by atoms with Crippen molar-refractivity contribution in [2.24, 2.45) is 5.41 Å². The van der Waals surface area contributed by atoms with E-state index in [-0.39, 0.29) is 61.6 Å². The van der Waals surface area contributed by atoms with Crippen molar-refractivity contribution >= 4 is 45.1 Å². The number of halogens is 3. The molecule has 0 radical (unpaired) electrons. The minimum absolute atomic E-state index is 0.0202. The highest BCUT2D eigenvalue weighted by molar-refractivity contribution is 14.1. The van der Waals surface area contributed by atoms with Gasteiger partial charge in [0.15, 0.2) is 0 Å². The zero-order valence-corrected chi connectivity index (χ0v) is 26.3. The van der Waals surface area contributed by atoms with Crippen molar-refractivity contribution in [2.75, 3.05) is 38.7 Å². The van der Waals surface area contributed by atoms with Gasteiger partial charge in [-0.1, -0.05) is 12.1 Å². The number of anilines is 1. The second-order valence-electron chi connectivity index (χ2n) is 12.5. The minimum Gasteiger partial charge on any atom is -0.508 e. The lowest BCUT2D eigenvalue weighted by molar-refractivity contribution is -0.0108. The van der Waals surface area contributed by atoms with Gasteiger partial charge in [-0.3, -0.25) is 4.79 Å². The van der Waals surface area contributed by atoms with E-state index in [4.69, 9.17) is 14.7 Å². The number of aromatic hydroxyl groups is 1. The molecule has 1 saturated carbocycles. The van der Waals surface area contributed by atoms with Crippen LogP contribution in [0.2, 0.25) is 0 Å². The van der Waals surface area contributed by atoms with Crippen LogP contribution in [0, 0.1) is 8.99 Å². The maximum Gasteiger partial charge on any atom is 0.318 e. The molecule has 8 nitrogen and oxygen atoms in total. The molecule has 42 heavy (non-hydrogen) atoms. The summed E-state index contributed by atoms with van der Waals surface area (Å²) in [5.41, 5.74) is 1.92. The zero-order chi connectivity index (χ0) is 29.8. The van der Waals surface area contributed by atoms with Gasteiger partial charge in [-0.25, -0.2) is 8.78 Å². The van der Waals surface area contributed by atoms with Crippen LogP contribution in [0.3, 0.4) is 0 Å². The van der Waals surface area contributed by atoms with Crippen molar-refractivity contribution in [3.05, 3.63) is 50.7 Å². The van der Waals surface area contributed by atoms with E-state index in [1.165, 1.54) is 6.07 Å². The molecule has 0 unspecified atom stereocenters. The molecule has 0 spiro atoms. The molecular weight excluding hydrogens is 655 g/mol. The number of hydrogen-bond donors (Lipinski definition) is 1. The molecule has 1 saturated heterocycles. The first-order valence-electron chi connectivity index (χ1n) is 14.5. The first kappa shape index (κ1) is 29.3. The van der Waals surface area contributed by atoms with Gasteiger partial charge in [0.05, 0.1) is 31.0 Å². The van der Waals surface area contributed by atoms with Crippen molar-refractivity contribution in [3.63, 3.8) is 0 Å². The van der Waals surface area contributed by atoms with Gasteiger partial charge >= 0.3 is 6.01 Å². The summed E-state index contributed by atoms with van der Waals surface area (Å²) in [4.78, 5) is 29.4. The molecule has 1 aliphatic carbocycles. The van der Waals surface area contributed by atoms with E-state index in [2.05, 4.69) is 27.5 Å². The topological polar surface area (TPSA) is 82.0 Å². The first-order chi connectivity index (χ1) is 19.9. The molecule has 2 aliphatic heterocycles. The average molecular weight is 692 g/mol. The number of carbonyl (C=O) groups is 1. The Hall–Kier alpha value is -2.80. The largest absolute Gasteiger partial charge is 0.508 e. The fourth-order valence-corrected chi connectivity index (χ4v) is 7.11. The Kier molecular flexibility index (Phi) is 7.70. The van der Waals surface area contributed by atoms with Gasteiger partial charge in [0, 0.05) is 51.9 Å². The van der Waals surface area contributed by atoms with Gasteiger partial charge in [0.25, 0.3) is 5.91 Å². The molecule has 6 rings (SSSR count). The third-order valence-electron chi connectivity index (χ3n) is 8.74. The predicted octanol–water partition coefficient (Wildman–Crippen LogP) is 5.83. The lowest BCUT2D eigenvalue weighted by Gasteiger charge is -2.30. The highest BCUT2D eigenvalue weighted by atomic mass is 127. The van der Waals surface area contributed by atoms with Crippen molar-refractivity contribution in [1.29, 1.82) is 0 Å². The molecule has 1 N–H and O–H groups in total. The molecule has 2 fully saturated rings. The van der Waals surface area contributed by atoms with Gasteiger partial charge in [-0.15, -0.1) is 0 Å².